The molecule has 3 rings (SSSR count). The van der Waals surface area contributed by atoms with Crippen molar-refractivity contribution in [2.24, 2.45) is 0 Å². The summed E-state index contributed by atoms with van der Waals surface area (Å²) in [6.07, 6.45) is -4.30. The number of nitrogens with zero attached hydrogens (tertiary/aromatic N) is 2. The van der Waals surface area contributed by atoms with E-state index < -0.39 is 11.7 Å². The molecular weight excluding hydrogens is 417 g/mol. The number of carbonyl (C=O) groups excluding carboxylic acids is 1. The molecule has 2 aromatic rings. The summed E-state index contributed by atoms with van der Waals surface area (Å²) in [7, 11) is 0. The van der Waals surface area contributed by atoms with E-state index in [-0.39, 0.29) is 5.91 Å². The van der Waals surface area contributed by atoms with E-state index in [9.17, 15) is 18.0 Å². The molecule has 8 heteroatoms. The SMILES string of the molecule is O=C(c1ccc(Br)s1)N1CCN(Cc2ccc(C(F)(F)F)cc2)CC1. The average molecular weight is 433 g/mol. The zero-order chi connectivity index (χ0) is 18.0. The first-order valence-electron chi connectivity index (χ1n) is 7.76. The van der Waals surface area contributed by atoms with Crippen LogP contribution in [0.2, 0.25) is 0 Å². The van der Waals surface area contributed by atoms with Gasteiger partial charge in [-0.05, 0) is 45.8 Å². The van der Waals surface area contributed by atoms with Crippen molar-refractivity contribution in [2.45, 2.75) is 12.7 Å². The van der Waals surface area contributed by atoms with Crippen LogP contribution in [0, 0.1) is 0 Å². The number of hydrogen-bond donors (Lipinski definition) is 0. The molecular formula is C17H16BrF3N2OS. The van der Waals surface area contributed by atoms with Gasteiger partial charge in [0.25, 0.3) is 5.91 Å². The number of carbonyl (C=O) groups is 1. The van der Waals surface area contributed by atoms with Crippen LogP contribution >= 0.6 is 27.3 Å². The van der Waals surface area contributed by atoms with E-state index in [1.807, 2.05) is 17.0 Å². The lowest BCUT2D eigenvalue weighted by atomic mass is 10.1. The minimum Gasteiger partial charge on any atom is -0.335 e. The number of rotatable bonds is 3. The van der Waals surface area contributed by atoms with E-state index in [2.05, 4.69) is 20.8 Å². The zero-order valence-electron chi connectivity index (χ0n) is 13.2. The summed E-state index contributed by atoms with van der Waals surface area (Å²) in [6.45, 7) is 3.24. The third kappa shape index (κ3) is 4.62. The van der Waals surface area contributed by atoms with E-state index in [0.717, 1.165) is 21.5 Å². The molecule has 0 aliphatic carbocycles. The number of amides is 1. The lowest BCUT2D eigenvalue weighted by Gasteiger charge is -2.34. The normalized spacial score (nSPS) is 16.2. The number of piperazine rings is 1. The third-order valence-corrected chi connectivity index (χ3v) is 5.74. The number of alkyl halides is 3. The Morgan fingerprint density at radius 2 is 1.68 bits per heavy atom. The second-order valence-electron chi connectivity index (χ2n) is 5.87. The van der Waals surface area contributed by atoms with Crippen LogP contribution < -0.4 is 0 Å². The van der Waals surface area contributed by atoms with E-state index in [0.29, 0.717) is 37.6 Å². The quantitative estimate of drug-likeness (QED) is 0.713. The molecule has 3 nitrogen and oxygen atoms in total. The van der Waals surface area contributed by atoms with E-state index in [4.69, 9.17) is 0 Å². The first-order valence-corrected chi connectivity index (χ1v) is 9.37. The largest absolute Gasteiger partial charge is 0.416 e. The van der Waals surface area contributed by atoms with Crippen LogP contribution in [0.1, 0.15) is 20.8 Å². The summed E-state index contributed by atoms with van der Waals surface area (Å²) in [5.74, 6) is 0.0323. The second-order valence-corrected chi connectivity index (χ2v) is 8.33. The highest BCUT2D eigenvalue weighted by atomic mass is 79.9. The summed E-state index contributed by atoms with van der Waals surface area (Å²) in [5.41, 5.74) is 0.212. The van der Waals surface area contributed by atoms with Crippen molar-refractivity contribution in [3.05, 3.63) is 56.2 Å². The van der Waals surface area contributed by atoms with Gasteiger partial charge in [0.1, 0.15) is 0 Å². The van der Waals surface area contributed by atoms with Gasteiger partial charge < -0.3 is 4.90 Å². The Hall–Kier alpha value is -1.38. The number of thiophene rings is 1. The molecule has 2 heterocycles. The van der Waals surface area contributed by atoms with Crippen LogP contribution in [-0.2, 0) is 12.7 Å². The van der Waals surface area contributed by atoms with Gasteiger partial charge in [0.15, 0.2) is 0 Å². The summed E-state index contributed by atoms with van der Waals surface area (Å²) in [4.78, 5) is 17.1. The molecule has 1 aromatic carbocycles. The van der Waals surface area contributed by atoms with Gasteiger partial charge in [-0.2, -0.15) is 13.2 Å². The summed E-state index contributed by atoms with van der Waals surface area (Å²) < 4.78 is 38.7. The maximum absolute atomic E-state index is 12.6. The fraction of sp³-hybridized carbons (Fsp3) is 0.353. The minimum atomic E-state index is -4.30. The van der Waals surface area contributed by atoms with Gasteiger partial charge in [-0.25, -0.2) is 0 Å². The maximum atomic E-state index is 12.6. The highest BCUT2D eigenvalue weighted by molar-refractivity contribution is 9.11. The predicted octanol–water partition coefficient (Wildman–Crippen LogP) is 4.49. The Bertz CT molecular complexity index is 737. The van der Waals surface area contributed by atoms with Crippen LogP contribution in [0.15, 0.2) is 40.2 Å². The number of benzene rings is 1. The van der Waals surface area contributed by atoms with Crippen molar-refractivity contribution in [1.29, 1.82) is 0 Å². The topological polar surface area (TPSA) is 23.6 Å². The van der Waals surface area contributed by atoms with E-state index in [1.165, 1.54) is 23.5 Å². The van der Waals surface area contributed by atoms with Crippen molar-refractivity contribution >= 4 is 33.2 Å². The molecule has 0 saturated carbocycles. The maximum Gasteiger partial charge on any atom is 0.416 e. The van der Waals surface area contributed by atoms with Crippen molar-refractivity contribution < 1.29 is 18.0 Å². The van der Waals surface area contributed by atoms with Crippen LogP contribution in [-0.4, -0.2) is 41.9 Å². The minimum absolute atomic E-state index is 0.0323. The standard InChI is InChI=1S/C17H16BrF3N2OS/c18-15-6-5-14(25-15)16(24)23-9-7-22(8-10-23)11-12-1-3-13(4-2-12)17(19,20)21/h1-6H,7-11H2. The molecule has 1 aromatic heterocycles. The first kappa shape index (κ1) is 18.4. The number of hydrogen-bond acceptors (Lipinski definition) is 3. The van der Waals surface area contributed by atoms with E-state index in [1.54, 1.807) is 0 Å². The summed E-state index contributed by atoms with van der Waals surface area (Å²) in [6, 6.07) is 8.94. The fourth-order valence-corrected chi connectivity index (χ4v) is 4.11. The zero-order valence-corrected chi connectivity index (χ0v) is 15.6. The summed E-state index contributed by atoms with van der Waals surface area (Å²) >= 11 is 4.77. The van der Waals surface area contributed by atoms with Gasteiger partial charge in [-0.3, -0.25) is 9.69 Å². The van der Waals surface area contributed by atoms with Crippen molar-refractivity contribution in [3.8, 4) is 0 Å². The van der Waals surface area contributed by atoms with E-state index >= 15 is 0 Å². The van der Waals surface area contributed by atoms with Gasteiger partial charge in [-0.15, -0.1) is 11.3 Å². The first-order chi connectivity index (χ1) is 11.8. The molecule has 0 unspecified atom stereocenters. The molecule has 0 N–H and O–H groups in total. The van der Waals surface area contributed by atoms with Crippen molar-refractivity contribution in [3.63, 3.8) is 0 Å². The van der Waals surface area contributed by atoms with Crippen LogP contribution in [0.3, 0.4) is 0 Å². The Balaban J connectivity index is 1.53. The van der Waals surface area contributed by atoms with Crippen molar-refractivity contribution in [2.75, 3.05) is 26.2 Å². The average Bonchev–Trinajstić information content (AvgIpc) is 3.01. The lowest BCUT2D eigenvalue weighted by Crippen LogP contribution is -2.48. The highest BCUT2D eigenvalue weighted by Crippen LogP contribution is 2.29. The molecule has 0 atom stereocenters. The molecule has 25 heavy (non-hydrogen) atoms. The molecule has 134 valence electrons. The number of halogens is 4. The Labute approximate surface area is 156 Å². The molecule has 1 fully saturated rings. The third-order valence-electron chi connectivity index (χ3n) is 4.13. The monoisotopic (exact) mass is 432 g/mol. The van der Waals surface area contributed by atoms with Gasteiger partial charge in [0.2, 0.25) is 0 Å². The van der Waals surface area contributed by atoms with Gasteiger partial charge >= 0.3 is 6.18 Å². The fourth-order valence-electron chi connectivity index (χ4n) is 2.75. The van der Waals surface area contributed by atoms with Gasteiger partial charge in [0, 0.05) is 32.7 Å². The van der Waals surface area contributed by atoms with Crippen molar-refractivity contribution in [1.82, 2.24) is 9.80 Å². The second kappa shape index (κ2) is 7.47. The summed E-state index contributed by atoms with van der Waals surface area (Å²) in [5, 5.41) is 0. The molecule has 1 aliphatic rings. The molecule has 1 saturated heterocycles. The van der Waals surface area contributed by atoms with Gasteiger partial charge in [-0.1, -0.05) is 12.1 Å². The Morgan fingerprint density at radius 3 is 2.20 bits per heavy atom. The van der Waals surface area contributed by atoms with Crippen LogP contribution in [0.4, 0.5) is 13.2 Å². The van der Waals surface area contributed by atoms with Crippen LogP contribution in [0.25, 0.3) is 0 Å². The predicted molar refractivity (Wildman–Crippen MR) is 94.6 cm³/mol. The molecule has 0 radical (unpaired) electrons. The molecule has 1 aliphatic heterocycles. The highest BCUT2D eigenvalue weighted by Gasteiger charge is 2.30. The van der Waals surface area contributed by atoms with Crippen LogP contribution in [0.5, 0.6) is 0 Å². The molecule has 0 spiro atoms. The Morgan fingerprint density at radius 1 is 1.04 bits per heavy atom. The molecule has 0 bridgehead atoms. The van der Waals surface area contributed by atoms with Gasteiger partial charge in [0.05, 0.1) is 14.2 Å². The Kier molecular flexibility index (Phi) is 5.50. The molecule has 1 amide bonds. The smallest absolute Gasteiger partial charge is 0.335 e. The lowest BCUT2D eigenvalue weighted by molar-refractivity contribution is -0.137.